The van der Waals surface area contributed by atoms with E-state index in [4.69, 9.17) is 0 Å². The first-order valence-electron chi connectivity index (χ1n) is 9.18. The molecule has 1 aliphatic carbocycles. The van der Waals surface area contributed by atoms with Crippen molar-refractivity contribution in [3.8, 4) is 0 Å². The standard InChI is InChI=1S/C20H31NO2/c1-2-3-7-16-10-12-18(13-11-16)20(23)21-15-19(22)14-17-8-5-4-6-9-17/h4-6,8-9,16,18-19,22H,2-3,7,10-15H2,1H3,(H,21,23). The quantitative estimate of drug-likeness (QED) is 0.768. The summed E-state index contributed by atoms with van der Waals surface area (Å²) in [5, 5.41) is 13.0. The van der Waals surface area contributed by atoms with Gasteiger partial charge in [-0.25, -0.2) is 0 Å². The Morgan fingerprint density at radius 2 is 1.91 bits per heavy atom. The lowest BCUT2D eigenvalue weighted by atomic mass is 9.79. The highest BCUT2D eigenvalue weighted by Crippen LogP contribution is 2.31. The van der Waals surface area contributed by atoms with E-state index in [0.29, 0.717) is 13.0 Å². The summed E-state index contributed by atoms with van der Waals surface area (Å²) in [7, 11) is 0. The highest BCUT2D eigenvalue weighted by molar-refractivity contribution is 5.78. The van der Waals surface area contributed by atoms with Crippen LogP contribution < -0.4 is 5.32 Å². The van der Waals surface area contributed by atoms with Crippen LogP contribution in [0.5, 0.6) is 0 Å². The Labute approximate surface area is 140 Å². The van der Waals surface area contributed by atoms with Crippen molar-refractivity contribution in [3.05, 3.63) is 35.9 Å². The molecular formula is C20H31NO2. The summed E-state index contributed by atoms with van der Waals surface area (Å²) in [4.78, 5) is 12.3. The Kier molecular flexibility index (Phi) is 7.60. The van der Waals surface area contributed by atoms with Crippen molar-refractivity contribution >= 4 is 5.91 Å². The number of aliphatic hydroxyl groups excluding tert-OH is 1. The molecule has 2 rings (SSSR count). The van der Waals surface area contributed by atoms with Crippen molar-refractivity contribution in [2.24, 2.45) is 11.8 Å². The number of hydrogen-bond acceptors (Lipinski definition) is 2. The molecule has 0 spiro atoms. The van der Waals surface area contributed by atoms with Gasteiger partial charge in [-0.15, -0.1) is 0 Å². The number of carbonyl (C=O) groups excluding carboxylic acids is 1. The number of aliphatic hydroxyl groups is 1. The molecule has 23 heavy (non-hydrogen) atoms. The van der Waals surface area contributed by atoms with E-state index in [-0.39, 0.29) is 11.8 Å². The zero-order valence-corrected chi connectivity index (χ0v) is 14.3. The second-order valence-electron chi connectivity index (χ2n) is 6.95. The fourth-order valence-corrected chi connectivity index (χ4v) is 3.53. The maximum absolute atomic E-state index is 12.3. The molecule has 1 aromatic carbocycles. The summed E-state index contributed by atoms with van der Waals surface area (Å²) < 4.78 is 0. The monoisotopic (exact) mass is 317 g/mol. The second kappa shape index (κ2) is 9.71. The third-order valence-corrected chi connectivity index (χ3v) is 5.01. The molecular weight excluding hydrogens is 286 g/mol. The lowest BCUT2D eigenvalue weighted by Crippen LogP contribution is -2.38. The molecule has 0 radical (unpaired) electrons. The van der Waals surface area contributed by atoms with Crippen LogP contribution >= 0.6 is 0 Å². The van der Waals surface area contributed by atoms with Gasteiger partial charge in [-0.1, -0.05) is 56.5 Å². The SMILES string of the molecule is CCCCC1CCC(C(=O)NCC(O)Cc2ccccc2)CC1. The van der Waals surface area contributed by atoms with Crippen molar-refractivity contribution in [2.75, 3.05) is 6.54 Å². The number of nitrogens with one attached hydrogen (secondary N) is 1. The number of benzene rings is 1. The molecule has 1 unspecified atom stereocenters. The third kappa shape index (κ3) is 6.34. The van der Waals surface area contributed by atoms with Gasteiger partial charge >= 0.3 is 0 Å². The van der Waals surface area contributed by atoms with Gasteiger partial charge in [0.1, 0.15) is 0 Å². The fourth-order valence-electron chi connectivity index (χ4n) is 3.53. The van der Waals surface area contributed by atoms with Gasteiger partial charge in [-0.2, -0.15) is 0 Å². The molecule has 0 bridgehead atoms. The van der Waals surface area contributed by atoms with Crippen molar-refractivity contribution in [3.63, 3.8) is 0 Å². The van der Waals surface area contributed by atoms with Gasteiger partial charge in [0.25, 0.3) is 0 Å². The average Bonchev–Trinajstić information content (AvgIpc) is 2.59. The number of amides is 1. The molecule has 1 saturated carbocycles. The molecule has 1 atom stereocenters. The van der Waals surface area contributed by atoms with E-state index in [1.807, 2.05) is 30.3 Å². The number of rotatable bonds is 8. The normalized spacial score (nSPS) is 22.5. The highest BCUT2D eigenvalue weighted by atomic mass is 16.3. The van der Waals surface area contributed by atoms with Crippen LogP contribution in [0.2, 0.25) is 0 Å². The van der Waals surface area contributed by atoms with Gasteiger partial charge in [0.15, 0.2) is 0 Å². The van der Waals surface area contributed by atoms with Gasteiger partial charge in [-0.05, 0) is 37.2 Å². The summed E-state index contributed by atoms with van der Waals surface area (Å²) in [6.45, 7) is 2.59. The van der Waals surface area contributed by atoms with Gasteiger partial charge in [0.2, 0.25) is 5.91 Å². The van der Waals surface area contributed by atoms with Gasteiger partial charge in [0.05, 0.1) is 6.10 Å². The van der Waals surface area contributed by atoms with Crippen LogP contribution in [-0.2, 0) is 11.2 Å². The van der Waals surface area contributed by atoms with Crippen molar-refractivity contribution in [1.29, 1.82) is 0 Å². The molecule has 1 fully saturated rings. The molecule has 0 saturated heterocycles. The molecule has 0 heterocycles. The summed E-state index contributed by atoms with van der Waals surface area (Å²) in [6.07, 6.45) is 8.36. The first-order valence-corrected chi connectivity index (χ1v) is 9.18. The Morgan fingerprint density at radius 3 is 2.57 bits per heavy atom. The molecule has 3 nitrogen and oxygen atoms in total. The van der Waals surface area contributed by atoms with Crippen molar-refractivity contribution in [1.82, 2.24) is 5.32 Å². The highest BCUT2D eigenvalue weighted by Gasteiger charge is 2.26. The first kappa shape index (κ1) is 18.0. The van der Waals surface area contributed by atoms with E-state index in [9.17, 15) is 9.90 Å². The van der Waals surface area contributed by atoms with Crippen LogP contribution in [0.4, 0.5) is 0 Å². The Morgan fingerprint density at radius 1 is 1.22 bits per heavy atom. The van der Waals surface area contributed by atoms with Crippen LogP contribution in [0.1, 0.15) is 57.4 Å². The minimum Gasteiger partial charge on any atom is -0.391 e. The van der Waals surface area contributed by atoms with Gasteiger partial charge in [-0.3, -0.25) is 4.79 Å². The molecule has 0 aromatic heterocycles. The molecule has 0 aliphatic heterocycles. The molecule has 128 valence electrons. The maximum atomic E-state index is 12.3. The van der Waals surface area contributed by atoms with Crippen LogP contribution in [0.15, 0.2) is 30.3 Å². The smallest absolute Gasteiger partial charge is 0.223 e. The van der Waals surface area contributed by atoms with Crippen LogP contribution in [0, 0.1) is 11.8 Å². The molecule has 2 N–H and O–H groups in total. The molecule has 3 heteroatoms. The number of unbranched alkanes of at least 4 members (excludes halogenated alkanes) is 1. The van der Waals surface area contributed by atoms with Gasteiger partial charge in [0, 0.05) is 18.9 Å². The topological polar surface area (TPSA) is 49.3 Å². The summed E-state index contributed by atoms with van der Waals surface area (Å²) in [5.74, 6) is 1.10. The first-order chi connectivity index (χ1) is 11.2. The van der Waals surface area contributed by atoms with Crippen LogP contribution in [-0.4, -0.2) is 23.7 Å². The lowest BCUT2D eigenvalue weighted by molar-refractivity contribution is -0.126. The second-order valence-corrected chi connectivity index (χ2v) is 6.95. The van der Waals surface area contributed by atoms with E-state index < -0.39 is 6.10 Å². The fraction of sp³-hybridized carbons (Fsp3) is 0.650. The Bertz CT molecular complexity index is 452. The minimum atomic E-state index is -0.512. The number of hydrogen-bond donors (Lipinski definition) is 2. The van der Waals surface area contributed by atoms with Crippen molar-refractivity contribution < 1.29 is 9.90 Å². The Balaban J connectivity index is 1.65. The zero-order chi connectivity index (χ0) is 16.5. The summed E-state index contributed by atoms with van der Waals surface area (Å²) in [5.41, 5.74) is 1.10. The predicted octanol–water partition coefficient (Wildman–Crippen LogP) is 3.70. The molecule has 1 amide bonds. The van der Waals surface area contributed by atoms with E-state index in [1.54, 1.807) is 0 Å². The van der Waals surface area contributed by atoms with Crippen molar-refractivity contribution in [2.45, 2.75) is 64.4 Å². The van der Waals surface area contributed by atoms with Gasteiger partial charge < -0.3 is 10.4 Å². The van der Waals surface area contributed by atoms with E-state index in [2.05, 4.69) is 12.2 Å². The van der Waals surface area contributed by atoms with E-state index in [0.717, 1.165) is 24.3 Å². The van der Waals surface area contributed by atoms with Crippen LogP contribution in [0.3, 0.4) is 0 Å². The largest absolute Gasteiger partial charge is 0.391 e. The summed E-state index contributed by atoms with van der Waals surface area (Å²) >= 11 is 0. The lowest BCUT2D eigenvalue weighted by Gasteiger charge is -2.28. The molecule has 1 aliphatic rings. The minimum absolute atomic E-state index is 0.131. The predicted molar refractivity (Wildman–Crippen MR) is 94.1 cm³/mol. The van der Waals surface area contributed by atoms with E-state index >= 15 is 0 Å². The third-order valence-electron chi connectivity index (χ3n) is 5.01. The van der Waals surface area contributed by atoms with Crippen LogP contribution in [0.25, 0.3) is 0 Å². The Hall–Kier alpha value is -1.35. The van der Waals surface area contributed by atoms with E-state index in [1.165, 1.54) is 32.1 Å². The average molecular weight is 317 g/mol. The zero-order valence-electron chi connectivity index (χ0n) is 14.3. The summed E-state index contributed by atoms with van der Waals surface area (Å²) in [6, 6.07) is 9.91. The molecule has 1 aromatic rings. The maximum Gasteiger partial charge on any atom is 0.223 e. The number of carbonyl (C=O) groups is 1.